The molecule has 1 unspecified atom stereocenters. The predicted octanol–water partition coefficient (Wildman–Crippen LogP) is -0.572. The van der Waals surface area contributed by atoms with E-state index in [4.69, 9.17) is 10.8 Å². The molecule has 5 heteroatoms. The zero-order valence-corrected chi connectivity index (χ0v) is 5.12. The average molecular weight is 140 g/mol. The van der Waals surface area contributed by atoms with Crippen LogP contribution in [0.4, 0.5) is 3.89 Å². The van der Waals surface area contributed by atoms with Gasteiger partial charge in [0.1, 0.15) is 12.3 Å². The lowest BCUT2D eigenvalue weighted by Gasteiger charge is -2.03. The van der Waals surface area contributed by atoms with Gasteiger partial charge in [0.15, 0.2) is 0 Å². The average Bonchev–Trinajstić information content (AvgIpc) is 1.83. The molecule has 0 aromatic heterocycles. The van der Waals surface area contributed by atoms with Gasteiger partial charge in [-0.1, -0.05) is 0 Å². The molecular weight excluding hydrogens is 131 g/mol. The van der Waals surface area contributed by atoms with Gasteiger partial charge < -0.3 is 10.8 Å². The lowest BCUT2D eigenvalue weighted by atomic mass is 10.3. The third-order valence-electron chi connectivity index (χ3n) is 0.635. The summed E-state index contributed by atoms with van der Waals surface area (Å²) in [5.74, 6) is 0. The molecule has 0 rings (SSSR count). The van der Waals surface area contributed by atoms with Crippen molar-refractivity contribution in [2.24, 2.45) is 5.73 Å². The minimum atomic E-state index is -0.363. The molecule has 0 aromatic rings. The van der Waals surface area contributed by atoms with E-state index in [9.17, 15) is 3.89 Å². The third-order valence-corrected chi connectivity index (χ3v) is 0.910. The Bertz CT molecular complexity index is 56.5. The largest absolute Gasteiger partial charge is 0.395 e. The number of hydrogen-bond acceptors (Lipinski definition) is 4. The van der Waals surface area contributed by atoms with Gasteiger partial charge >= 0.3 is 0 Å². The summed E-state index contributed by atoms with van der Waals surface area (Å²) in [4.78, 5) is 0. The van der Waals surface area contributed by atoms with Gasteiger partial charge in [-0.15, -0.1) is 3.89 Å². The van der Waals surface area contributed by atoms with E-state index in [2.05, 4.69) is 4.72 Å². The number of hydrogen-bond donors (Lipinski definition) is 3. The van der Waals surface area contributed by atoms with Crippen molar-refractivity contribution in [3.63, 3.8) is 0 Å². The summed E-state index contributed by atoms with van der Waals surface area (Å²) in [7, 11) is 0. The van der Waals surface area contributed by atoms with Crippen LogP contribution in [0.2, 0.25) is 0 Å². The molecule has 3 nitrogen and oxygen atoms in total. The molecule has 0 bridgehead atoms. The second-order valence-electron chi connectivity index (χ2n) is 1.37. The topological polar surface area (TPSA) is 58.3 Å². The number of rotatable bonds is 4. The molecule has 0 saturated heterocycles. The molecule has 0 heterocycles. The summed E-state index contributed by atoms with van der Waals surface area (Å²) in [5, 5.41) is 8.26. The molecule has 0 spiro atoms. The van der Waals surface area contributed by atoms with Crippen molar-refractivity contribution in [2.45, 2.75) is 6.04 Å². The maximum atomic E-state index is 11.2. The summed E-state index contributed by atoms with van der Waals surface area (Å²) in [5.41, 5.74) is 5.17. The van der Waals surface area contributed by atoms with Crippen molar-refractivity contribution < 1.29 is 8.99 Å². The Morgan fingerprint density at radius 1 is 1.88 bits per heavy atom. The van der Waals surface area contributed by atoms with Gasteiger partial charge in [-0.05, 0) is 0 Å². The predicted molar refractivity (Wildman–Crippen MR) is 31.8 cm³/mol. The standard InChI is InChI=1S/C3H9FN2OS/c4-8-6-1-3(5)2-7/h3,6-7H,1-2,5H2. The summed E-state index contributed by atoms with van der Waals surface area (Å²) in [6, 6.07) is -0.363. The van der Waals surface area contributed by atoms with Gasteiger partial charge in [0, 0.05) is 12.6 Å². The van der Waals surface area contributed by atoms with Crippen molar-refractivity contribution in [1.29, 1.82) is 0 Å². The molecule has 0 saturated carbocycles. The Morgan fingerprint density at radius 3 is 2.88 bits per heavy atom. The molecule has 0 amide bonds. The van der Waals surface area contributed by atoms with Crippen LogP contribution in [0.1, 0.15) is 0 Å². The van der Waals surface area contributed by atoms with Gasteiger partial charge in [0.05, 0.1) is 6.61 Å². The minimum absolute atomic E-state index is 0.00421. The Labute approximate surface area is 51.9 Å². The van der Waals surface area contributed by atoms with E-state index in [-0.39, 0.29) is 31.5 Å². The first-order valence-corrected chi connectivity index (χ1v) is 2.89. The van der Waals surface area contributed by atoms with Crippen molar-refractivity contribution in [1.82, 2.24) is 4.72 Å². The Morgan fingerprint density at radius 2 is 2.50 bits per heavy atom. The maximum absolute atomic E-state index is 11.2. The van der Waals surface area contributed by atoms with Crippen LogP contribution in [0.5, 0.6) is 0 Å². The van der Waals surface area contributed by atoms with Crippen LogP contribution in [0.15, 0.2) is 0 Å². The minimum Gasteiger partial charge on any atom is -0.395 e. The van der Waals surface area contributed by atoms with E-state index in [0.717, 1.165) is 0 Å². The molecule has 4 N–H and O–H groups in total. The zero-order chi connectivity index (χ0) is 6.41. The molecule has 50 valence electrons. The highest BCUT2D eigenvalue weighted by atomic mass is 32.2. The Kier molecular flexibility index (Phi) is 5.41. The SMILES string of the molecule is NC(CO)CNSF. The number of aliphatic hydroxyl groups is 1. The fourth-order valence-corrected chi connectivity index (χ4v) is 0.480. The van der Waals surface area contributed by atoms with Gasteiger partial charge in [0.25, 0.3) is 0 Å². The van der Waals surface area contributed by atoms with E-state index < -0.39 is 0 Å². The molecule has 0 fully saturated rings. The van der Waals surface area contributed by atoms with E-state index in [0.29, 0.717) is 0 Å². The van der Waals surface area contributed by atoms with Crippen LogP contribution in [0.25, 0.3) is 0 Å². The molecule has 0 aliphatic rings. The molecule has 0 radical (unpaired) electrons. The van der Waals surface area contributed by atoms with Gasteiger partial charge in [0.2, 0.25) is 0 Å². The van der Waals surface area contributed by atoms with Crippen LogP contribution >= 0.6 is 12.3 Å². The molecule has 0 aliphatic heterocycles. The van der Waals surface area contributed by atoms with Crippen LogP contribution in [-0.2, 0) is 0 Å². The Hall–Kier alpha value is 0.160. The number of nitrogens with two attached hydrogens (primary N) is 1. The fraction of sp³-hybridized carbons (Fsp3) is 1.00. The van der Waals surface area contributed by atoms with Gasteiger partial charge in [-0.3, -0.25) is 0 Å². The van der Waals surface area contributed by atoms with Crippen LogP contribution in [0, 0.1) is 0 Å². The summed E-state index contributed by atoms with van der Waals surface area (Å²) >= 11 is 0.00421. The maximum Gasteiger partial charge on any atom is 0.131 e. The highest BCUT2D eigenvalue weighted by Crippen LogP contribution is 1.89. The lowest BCUT2D eigenvalue weighted by Crippen LogP contribution is -2.33. The van der Waals surface area contributed by atoms with E-state index in [1.807, 2.05) is 0 Å². The van der Waals surface area contributed by atoms with Crippen molar-refractivity contribution >= 4 is 12.3 Å². The van der Waals surface area contributed by atoms with Crippen molar-refractivity contribution in [2.75, 3.05) is 13.2 Å². The van der Waals surface area contributed by atoms with Gasteiger partial charge in [-0.2, -0.15) is 0 Å². The molecule has 0 aromatic carbocycles. The van der Waals surface area contributed by atoms with Crippen LogP contribution in [0.3, 0.4) is 0 Å². The molecule has 0 aliphatic carbocycles. The fourth-order valence-electron chi connectivity index (χ4n) is 0.203. The lowest BCUT2D eigenvalue weighted by molar-refractivity contribution is 0.267. The quantitative estimate of drug-likeness (QED) is 0.458. The molecule has 1 atom stereocenters. The van der Waals surface area contributed by atoms with Crippen LogP contribution < -0.4 is 10.5 Å². The third kappa shape index (κ3) is 4.32. The van der Waals surface area contributed by atoms with Gasteiger partial charge in [-0.25, -0.2) is 4.72 Å². The normalized spacial score (nSPS) is 13.9. The number of halogens is 1. The van der Waals surface area contributed by atoms with Crippen molar-refractivity contribution in [3.8, 4) is 0 Å². The molecule has 8 heavy (non-hydrogen) atoms. The second kappa shape index (κ2) is 5.30. The first-order valence-electron chi connectivity index (χ1n) is 2.18. The molecular formula is C3H9FN2OS. The monoisotopic (exact) mass is 140 g/mol. The van der Waals surface area contributed by atoms with E-state index >= 15 is 0 Å². The van der Waals surface area contributed by atoms with E-state index in [1.54, 1.807) is 0 Å². The smallest absolute Gasteiger partial charge is 0.131 e. The van der Waals surface area contributed by atoms with Crippen LogP contribution in [-0.4, -0.2) is 24.3 Å². The van der Waals surface area contributed by atoms with Crippen molar-refractivity contribution in [3.05, 3.63) is 0 Å². The summed E-state index contributed by atoms with van der Waals surface area (Å²) < 4.78 is 13.4. The Balaban J connectivity index is 2.86. The second-order valence-corrected chi connectivity index (χ2v) is 1.81. The number of nitrogens with one attached hydrogen (secondary N) is 1. The number of aliphatic hydroxyl groups excluding tert-OH is 1. The highest BCUT2D eigenvalue weighted by molar-refractivity contribution is 7.92. The highest BCUT2D eigenvalue weighted by Gasteiger charge is 1.96. The summed E-state index contributed by atoms with van der Waals surface area (Å²) in [6.45, 7) is 0.172. The first-order chi connectivity index (χ1) is 3.81. The van der Waals surface area contributed by atoms with E-state index in [1.165, 1.54) is 0 Å². The first kappa shape index (κ1) is 8.16. The zero-order valence-electron chi connectivity index (χ0n) is 4.30. The summed E-state index contributed by atoms with van der Waals surface area (Å²) in [6.07, 6.45) is 0.